The first-order valence-corrected chi connectivity index (χ1v) is 10.6. The number of benzene rings is 1. The quantitative estimate of drug-likeness (QED) is 0.667. The van der Waals surface area contributed by atoms with E-state index >= 15 is 0 Å². The van der Waals surface area contributed by atoms with Gasteiger partial charge in [-0.25, -0.2) is 14.4 Å². The van der Waals surface area contributed by atoms with Crippen LogP contribution in [-0.2, 0) is 6.54 Å². The molecule has 0 unspecified atom stereocenters. The Labute approximate surface area is 185 Å². The number of carbonyl (C=O) groups is 2. The predicted octanol–water partition coefficient (Wildman–Crippen LogP) is 3.27. The Balaban J connectivity index is 1.34. The molecule has 0 atom stereocenters. The van der Waals surface area contributed by atoms with Gasteiger partial charge in [-0.15, -0.1) is 0 Å². The molecule has 32 heavy (non-hydrogen) atoms. The fourth-order valence-corrected chi connectivity index (χ4v) is 3.78. The molecule has 164 valence electrons. The number of nitrogens with zero attached hydrogens (tertiary/aromatic N) is 4. The van der Waals surface area contributed by atoms with Crippen molar-refractivity contribution in [1.29, 1.82) is 0 Å². The molecule has 1 aliphatic heterocycles. The van der Waals surface area contributed by atoms with E-state index in [1.807, 2.05) is 4.90 Å². The summed E-state index contributed by atoms with van der Waals surface area (Å²) in [5.74, 6) is 0.190. The van der Waals surface area contributed by atoms with Gasteiger partial charge in [-0.1, -0.05) is 18.2 Å². The third-order valence-corrected chi connectivity index (χ3v) is 5.64. The van der Waals surface area contributed by atoms with Crippen LogP contribution in [0.3, 0.4) is 0 Å². The van der Waals surface area contributed by atoms with Crippen molar-refractivity contribution in [2.45, 2.75) is 32.2 Å². The molecular weight excluding hydrogens is 409 g/mol. The van der Waals surface area contributed by atoms with Crippen LogP contribution < -0.4 is 5.32 Å². The van der Waals surface area contributed by atoms with Crippen LogP contribution in [0.5, 0.6) is 0 Å². The van der Waals surface area contributed by atoms with E-state index in [1.54, 1.807) is 49.6 Å². The van der Waals surface area contributed by atoms with E-state index < -0.39 is 0 Å². The molecule has 0 bridgehead atoms. The molecule has 3 heterocycles. The number of rotatable bonds is 5. The number of halogens is 1. The predicted molar refractivity (Wildman–Crippen MR) is 116 cm³/mol. The Hall–Kier alpha value is -3.68. The molecule has 4 rings (SSSR count). The van der Waals surface area contributed by atoms with Gasteiger partial charge in [0.1, 0.15) is 17.3 Å². The van der Waals surface area contributed by atoms with E-state index in [0.29, 0.717) is 42.4 Å². The van der Waals surface area contributed by atoms with Gasteiger partial charge in [-0.2, -0.15) is 0 Å². The summed E-state index contributed by atoms with van der Waals surface area (Å²) in [5, 5.41) is 2.82. The zero-order valence-electron chi connectivity index (χ0n) is 17.8. The molecule has 0 aliphatic carbocycles. The molecule has 1 aromatic carbocycles. The number of carbonyl (C=O) groups excluding carboxylic acids is 2. The van der Waals surface area contributed by atoms with Crippen LogP contribution in [0.4, 0.5) is 4.39 Å². The highest BCUT2D eigenvalue weighted by molar-refractivity contribution is 5.94. The third-order valence-electron chi connectivity index (χ3n) is 5.64. The Bertz CT molecular complexity index is 1100. The summed E-state index contributed by atoms with van der Waals surface area (Å²) in [7, 11) is 0. The average molecular weight is 433 g/mol. The fourth-order valence-electron chi connectivity index (χ4n) is 3.78. The maximum atomic E-state index is 13.0. The van der Waals surface area contributed by atoms with Gasteiger partial charge in [0.2, 0.25) is 0 Å². The van der Waals surface area contributed by atoms with Crippen LogP contribution in [0.2, 0.25) is 0 Å². The first-order valence-electron chi connectivity index (χ1n) is 10.6. The normalized spacial score (nSPS) is 14.2. The number of hydrogen-bond acceptors (Lipinski definition) is 5. The summed E-state index contributed by atoms with van der Waals surface area (Å²) < 4.78 is 13.0. The van der Waals surface area contributed by atoms with Gasteiger partial charge in [-0.3, -0.25) is 14.6 Å². The molecule has 3 aromatic rings. The number of piperidine rings is 1. The summed E-state index contributed by atoms with van der Waals surface area (Å²) in [5.41, 5.74) is 2.29. The number of aromatic nitrogens is 3. The minimum absolute atomic E-state index is 0.0608. The summed E-state index contributed by atoms with van der Waals surface area (Å²) >= 11 is 0. The molecule has 1 fully saturated rings. The smallest absolute Gasteiger partial charge is 0.272 e. The van der Waals surface area contributed by atoms with Crippen molar-refractivity contribution in [3.05, 3.63) is 89.0 Å². The number of amides is 2. The Kier molecular flexibility index (Phi) is 6.49. The molecule has 0 radical (unpaired) electrons. The lowest BCUT2D eigenvalue weighted by atomic mass is 9.95. The third kappa shape index (κ3) is 4.96. The zero-order chi connectivity index (χ0) is 22.5. The van der Waals surface area contributed by atoms with Crippen molar-refractivity contribution in [3.8, 4) is 0 Å². The number of aryl methyl sites for hydroxylation is 1. The molecule has 2 amide bonds. The minimum atomic E-state index is -0.313. The van der Waals surface area contributed by atoms with Crippen LogP contribution in [0.25, 0.3) is 0 Å². The molecule has 1 aliphatic rings. The highest BCUT2D eigenvalue weighted by Crippen LogP contribution is 2.26. The Morgan fingerprint density at radius 2 is 1.84 bits per heavy atom. The monoisotopic (exact) mass is 433 g/mol. The second kappa shape index (κ2) is 9.64. The molecule has 0 spiro atoms. The molecular formula is C24H24FN5O2. The first kappa shape index (κ1) is 21.5. The van der Waals surface area contributed by atoms with Crippen molar-refractivity contribution in [1.82, 2.24) is 25.2 Å². The molecule has 0 saturated carbocycles. The van der Waals surface area contributed by atoms with Crippen molar-refractivity contribution in [3.63, 3.8) is 0 Å². The van der Waals surface area contributed by atoms with Crippen molar-refractivity contribution in [2.24, 2.45) is 0 Å². The van der Waals surface area contributed by atoms with Gasteiger partial charge < -0.3 is 10.2 Å². The summed E-state index contributed by atoms with van der Waals surface area (Å²) in [6.45, 7) is 3.31. The lowest BCUT2D eigenvalue weighted by Crippen LogP contribution is -2.38. The van der Waals surface area contributed by atoms with E-state index in [-0.39, 0.29) is 23.5 Å². The minimum Gasteiger partial charge on any atom is -0.348 e. The van der Waals surface area contributed by atoms with Gasteiger partial charge in [0.25, 0.3) is 11.8 Å². The standard InChI is InChI=1S/C24H24FN5O2/c1-16-20(23(31)28-14-17-5-7-19(25)8-6-17)15-27-22(29-16)18-9-12-30(13-10-18)24(32)21-4-2-3-11-26-21/h2-8,11,15,18H,9-10,12-14H2,1H3,(H,28,31). The number of pyridine rings is 1. The van der Waals surface area contributed by atoms with Gasteiger partial charge in [-0.05, 0) is 49.6 Å². The maximum absolute atomic E-state index is 13.0. The molecule has 1 saturated heterocycles. The van der Waals surface area contributed by atoms with Crippen LogP contribution in [0.1, 0.15) is 56.7 Å². The SMILES string of the molecule is Cc1nc(C2CCN(C(=O)c3ccccn3)CC2)ncc1C(=O)NCc1ccc(F)cc1. The summed E-state index contributed by atoms with van der Waals surface area (Å²) in [6.07, 6.45) is 4.69. The zero-order valence-corrected chi connectivity index (χ0v) is 17.8. The van der Waals surface area contributed by atoms with E-state index in [1.165, 1.54) is 12.1 Å². The summed E-state index contributed by atoms with van der Waals surface area (Å²) in [6, 6.07) is 11.3. The average Bonchev–Trinajstić information content (AvgIpc) is 2.83. The Morgan fingerprint density at radius 3 is 2.50 bits per heavy atom. The largest absolute Gasteiger partial charge is 0.348 e. The molecule has 8 heteroatoms. The highest BCUT2D eigenvalue weighted by Gasteiger charge is 2.27. The van der Waals surface area contributed by atoms with Crippen LogP contribution in [-0.4, -0.2) is 44.8 Å². The Morgan fingerprint density at radius 1 is 1.09 bits per heavy atom. The van der Waals surface area contributed by atoms with E-state index in [2.05, 4.69) is 20.3 Å². The van der Waals surface area contributed by atoms with E-state index in [0.717, 1.165) is 18.4 Å². The summed E-state index contributed by atoms with van der Waals surface area (Å²) in [4.78, 5) is 40.1. The number of likely N-dealkylation sites (tertiary alicyclic amines) is 1. The lowest BCUT2D eigenvalue weighted by molar-refractivity contribution is 0.0704. The fraction of sp³-hybridized carbons (Fsp3) is 0.292. The topological polar surface area (TPSA) is 88.1 Å². The van der Waals surface area contributed by atoms with Crippen molar-refractivity contribution in [2.75, 3.05) is 13.1 Å². The number of nitrogens with one attached hydrogen (secondary N) is 1. The van der Waals surface area contributed by atoms with Gasteiger partial charge in [0, 0.05) is 37.9 Å². The van der Waals surface area contributed by atoms with Gasteiger partial charge in [0.15, 0.2) is 0 Å². The van der Waals surface area contributed by atoms with E-state index in [4.69, 9.17) is 0 Å². The molecule has 1 N–H and O–H groups in total. The highest BCUT2D eigenvalue weighted by atomic mass is 19.1. The van der Waals surface area contributed by atoms with Gasteiger partial charge >= 0.3 is 0 Å². The molecule has 7 nitrogen and oxygen atoms in total. The van der Waals surface area contributed by atoms with Crippen LogP contribution in [0, 0.1) is 12.7 Å². The second-order valence-corrected chi connectivity index (χ2v) is 7.82. The molecule has 2 aromatic heterocycles. The van der Waals surface area contributed by atoms with E-state index in [9.17, 15) is 14.0 Å². The van der Waals surface area contributed by atoms with Crippen LogP contribution >= 0.6 is 0 Å². The van der Waals surface area contributed by atoms with Crippen molar-refractivity contribution >= 4 is 11.8 Å². The maximum Gasteiger partial charge on any atom is 0.272 e. The second-order valence-electron chi connectivity index (χ2n) is 7.82. The first-order chi connectivity index (χ1) is 15.5. The van der Waals surface area contributed by atoms with Crippen LogP contribution in [0.15, 0.2) is 54.9 Å². The lowest BCUT2D eigenvalue weighted by Gasteiger charge is -2.31. The number of hydrogen-bond donors (Lipinski definition) is 1. The van der Waals surface area contributed by atoms with Crippen molar-refractivity contribution < 1.29 is 14.0 Å². The van der Waals surface area contributed by atoms with Gasteiger partial charge in [0.05, 0.1) is 11.3 Å².